The maximum absolute atomic E-state index is 9.96. The SMILES string of the molecule is CCCCC(CC)COC(=O)[O-].[Mg+2]. The van der Waals surface area contributed by atoms with Crippen LogP contribution in [0.2, 0.25) is 0 Å². The van der Waals surface area contributed by atoms with Gasteiger partial charge in [-0.05, 0) is 12.3 Å². The molecule has 0 aliphatic carbocycles. The quantitative estimate of drug-likeness (QED) is 0.475. The van der Waals surface area contributed by atoms with E-state index < -0.39 is 6.16 Å². The molecule has 0 N–H and O–H groups in total. The third-order valence-corrected chi connectivity index (χ3v) is 1.98. The smallest absolute Gasteiger partial charge is 0.549 e. The van der Waals surface area contributed by atoms with Crippen molar-refractivity contribution in [3.63, 3.8) is 0 Å². The zero-order valence-electron chi connectivity index (χ0n) is 8.54. The van der Waals surface area contributed by atoms with Crippen LogP contribution in [0.3, 0.4) is 0 Å². The molecule has 0 radical (unpaired) electrons. The Morgan fingerprint density at radius 1 is 1.46 bits per heavy atom. The fraction of sp³-hybridized carbons (Fsp3) is 0.889. The van der Waals surface area contributed by atoms with Crippen LogP contribution in [-0.4, -0.2) is 35.8 Å². The van der Waals surface area contributed by atoms with Crippen molar-refractivity contribution >= 4 is 29.2 Å². The molecule has 0 fully saturated rings. The van der Waals surface area contributed by atoms with Gasteiger partial charge in [0, 0.05) is 6.61 Å². The van der Waals surface area contributed by atoms with Crippen molar-refractivity contribution in [1.82, 2.24) is 0 Å². The van der Waals surface area contributed by atoms with Crippen molar-refractivity contribution in [3.8, 4) is 0 Å². The van der Waals surface area contributed by atoms with Gasteiger partial charge < -0.3 is 14.6 Å². The first-order chi connectivity index (χ1) is 5.70. The third-order valence-electron chi connectivity index (χ3n) is 1.98. The number of carbonyl (C=O) groups is 1. The van der Waals surface area contributed by atoms with Gasteiger partial charge in [-0.2, -0.15) is 0 Å². The van der Waals surface area contributed by atoms with Crippen LogP contribution in [-0.2, 0) is 4.74 Å². The molecule has 1 unspecified atom stereocenters. The summed E-state index contributed by atoms with van der Waals surface area (Å²) in [7, 11) is 0. The third kappa shape index (κ3) is 9.95. The van der Waals surface area contributed by atoms with Crippen LogP contribution in [0.4, 0.5) is 4.79 Å². The Hall–Kier alpha value is 0.0362. The van der Waals surface area contributed by atoms with Crippen LogP contribution in [0.5, 0.6) is 0 Å². The molecule has 72 valence electrons. The second-order valence-corrected chi connectivity index (χ2v) is 2.98. The average molecular weight is 198 g/mol. The van der Waals surface area contributed by atoms with Crippen molar-refractivity contribution in [2.75, 3.05) is 6.61 Å². The molecule has 0 aromatic heterocycles. The minimum absolute atomic E-state index is 0. The zero-order chi connectivity index (χ0) is 9.40. The van der Waals surface area contributed by atoms with Crippen LogP contribution in [0.25, 0.3) is 0 Å². The zero-order valence-corrected chi connectivity index (χ0v) is 9.96. The van der Waals surface area contributed by atoms with Gasteiger partial charge in [-0.25, -0.2) is 0 Å². The van der Waals surface area contributed by atoms with E-state index in [1.165, 1.54) is 0 Å². The molecular weight excluding hydrogens is 180 g/mol. The normalized spacial score (nSPS) is 11.5. The number of unbranched alkanes of at least 4 members (excludes halogenated alkanes) is 1. The monoisotopic (exact) mass is 197 g/mol. The van der Waals surface area contributed by atoms with Crippen LogP contribution in [0, 0.1) is 5.92 Å². The average Bonchev–Trinajstić information content (AvgIpc) is 2.05. The van der Waals surface area contributed by atoms with E-state index in [0.29, 0.717) is 12.5 Å². The molecule has 13 heavy (non-hydrogen) atoms. The number of rotatable bonds is 6. The first-order valence-electron chi connectivity index (χ1n) is 4.54. The molecule has 0 aromatic rings. The van der Waals surface area contributed by atoms with Crippen molar-refractivity contribution < 1.29 is 14.6 Å². The minimum atomic E-state index is -1.41. The Bertz CT molecular complexity index is 128. The molecule has 0 aliphatic rings. The summed E-state index contributed by atoms with van der Waals surface area (Å²) in [5, 5.41) is 9.96. The first kappa shape index (κ1) is 15.5. The van der Waals surface area contributed by atoms with Gasteiger partial charge >= 0.3 is 23.1 Å². The Morgan fingerprint density at radius 3 is 2.46 bits per heavy atom. The fourth-order valence-corrected chi connectivity index (χ4v) is 1.08. The van der Waals surface area contributed by atoms with Crippen molar-refractivity contribution in [2.45, 2.75) is 39.5 Å². The van der Waals surface area contributed by atoms with Crippen molar-refractivity contribution in [1.29, 1.82) is 0 Å². The van der Waals surface area contributed by atoms with E-state index in [2.05, 4.69) is 11.7 Å². The minimum Gasteiger partial charge on any atom is -0.549 e. The number of ether oxygens (including phenoxy) is 1. The summed E-state index contributed by atoms with van der Waals surface area (Å²) in [5.74, 6) is 0.364. The van der Waals surface area contributed by atoms with Gasteiger partial charge in [0.25, 0.3) is 6.16 Å². The molecular formula is C9H17MgO3+. The van der Waals surface area contributed by atoms with Gasteiger partial charge in [0.1, 0.15) is 0 Å². The summed E-state index contributed by atoms with van der Waals surface area (Å²) >= 11 is 0. The van der Waals surface area contributed by atoms with Gasteiger partial charge in [0.05, 0.1) is 0 Å². The first-order valence-corrected chi connectivity index (χ1v) is 4.54. The summed E-state index contributed by atoms with van der Waals surface area (Å²) in [6.45, 7) is 4.45. The predicted octanol–water partition coefficient (Wildman–Crippen LogP) is 1.18. The maximum Gasteiger partial charge on any atom is 2.00 e. The van der Waals surface area contributed by atoms with Crippen molar-refractivity contribution in [2.24, 2.45) is 5.92 Å². The molecule has 0 aliphatic heterocycles. The standard InChI is InChI=1S/C9H18O3.Mg/c1-3-5-6-8(4-2)7-12-9(10)11;/h8H,3-7H2,1-2H3,(H,10,11);/q;+2/p-1. The van der Waals surface area contributed by atoms with Gasteiger partial charge in [-0.1, -0.05) is 33.1 Å². The van der Waals surface area contributed by atoms with Crippen LogP contribution < -0.4 is 5.11 Å². The van der Waals surface area contributed by atoms with Gasteiger partial charge in [0.2, 0.25) is 0 Å². The van der Waals surface area contributed by atoms with Gasteiger partial charge in [0.15, 0.2) is 0 Å². The number of carboxylic acid groups (broad SMARTS) is 1. The number of hydrogen-bond donors (Lipinski definition) is 0. The molecule has 0 saturated heterocycles. The summed E-state index contributed by atoms with van der Waals surface area (Å²) in [5.41, 5.74) is 0. The summed E-state index contributed by atoms with van der Waals surface area (Å²) in [6.07, 6.45) is 2.87. The van der Waals surface area contributed by atoms with Crippen LogP contribution in [0.1, 0.15) is 39.5 Å². The predicted molar refractivity (Wildman–Crippen MR) is 50.4 cm³/mol. The molecule has 0 amide bonds. The maximum atomic E-state index is 9.96. The second-order valence-electron chi connectivity index (χ2n) is 2.98. The van der Waals surface area contributed by atoms with Crippen LogP contribution >= 0.6 is 0 Å². The molecule has 0 rings (SSSR count). The van der Waals surface area contributed by atoms with Gasteiger partial charge in [-0.3, -0.25) is 0 Å². The number of carbonyl (C=O) groups excluding carboxylic acids is 1. The Morgan fingerprint density at radius 2 is 2.08 bits per heavy atom. The summed E-state index contributed by atoms with van der Waals surface area (Å²) < 4.78 is 4.40. The second kappa shape index (κ2) is 10.1. The molecule has 1 atom stereocenters. The van der Waals surface area contributed by atoms with E-state index in [4.69, 9.17) is 0 Å². The molecule has 4 heteroatoms. The Balaban J connectivity index is 0. The molecule has 0 bridgehead atoms. The van der Waals surface area contributed by atoms with E-state index >= 15 is 0 Å². The van der Waals surface area contributed by atoms with E-state index in [1.807, 2.05) is 6.92 Å². The largest absolute Gasteiger partial charge is 2.00 e. The Labute approximate surface area is 96.0 Å². The summed E-state index contributed by atoms with van der Waals surface area (Å²) in [6, 6.07) is 0. The molecule has 3 nitrogen and oxygen atoms in total. The molecule has 0 heterocycles. The van der Waals surface area contributed by atoms with E-state index in [9.17, 15) is 9.90 Å². The van der Waals surface area contributed by atoms with Crippen molar-refractivity contribution in [3.05, 3.63) is 0 Å². The Kier molecular flexibility index (Phi) is 12.1. The van der Waals surface area contributed by atoms with E-state index in [0.717, 1.165) is 25.7 Å². The summed E-state index contributed by atoms with van der Waals surface area (Å²) in [4.78, 5) is 9.96. The van der Waals surface area contributed by atoms with Gasteiger partial charge in [-0.15, -0.1) is 0 Å². The van der Waals surface area contributed by atoms with Crippen LogP contribution in [0.15, 0.2) is 0 Å². The fourth-order valence-electron chi connectivity index (χ4n) is 1.08. The molecule has 0 aromatic carbocycles. The van der Waals surface area contributed by atoms with E-state index in [1.54, 1.807) is 0 Å². The van der Waals surface area contributed by atoms with E-state index in [-0.39, 0.29) is 23.1 Å². The topological polar surface area (TPSA) is 49.4 Å². The molecule has 0 spiro atoms. The number of hydrogen-bond acceptors (Lipinski definition) is 3. The molecule has 0 saturated carbocycles.